The molecule has 1 fully saturated rings. The van der Waals surface area contributed by atoms with E-state index in [0.717, 1.165) is 25.7 Å². The van der Waals surface area contributed by atoms with Gasteiger partial charge in [0.15, 0.2) is 17.0 Å². The first kappa shape index (κ1) is 20.8. The highest BCUT2D eigenvalue weighted by Crippen LogP contribution is 2.29. The van der Waals surface area contributed by atoms with Crippen molar-refractivity contribution in [2.24, 2.45) is 5.73 Å². The minimum atomic E-state index is -1.23. The molecule has 2 unspecified atom stereocenters. The third-order valence-corrected chi connectivity index (χ3v) is 5.44. The van der Waals surface area contributed by atoms with Crippen LogP contribution >= 0.6 is 0 Å². The molecular formula is C20H26N8O3. The molecule has 2 atom stereocenters. The van der Waals surface area contributed by atoms with Crippen molar-refractivity contribution in [2.45, 2.75) is 57.7 Å². The number of nitrogens with zero attached hydrogens (tertiary/aromatic N) is 5. The van der Waals surface area contributed by atoms with Crippen molar-refractivity contribution >= 4 is 34.6 Å². The molecule has 11 nitrogen and oxygen atoms in total. The van der Waals surface area contributed by atoms with E-state index in [-0.39, 0.29) is 29.4 Å². The van der Waals surface area contributed by atoms with Crippen LogP contribution in [0, 0.1) is 0 Å². The lowest BCUT2D eigenvalue weighted by molar-refractivity contribution is 0.0694. The van der Waals surface area contributed by atoms with Crippen LogP contribution in [-0.4, -0.2) is 53.2 Å². The van der Waals surface area contributed by atoms with Crippen LogP contribution in [0.3, 0.4) is 0 Å². The molecule has 0 saturated heterocycles. The minimum absolute atomic E-state index is 0.0211. The number of hydrogen-bond donors (Lipinski definition) is 5. The fraction of sp³-hybridized carbons (Fsp3) is 0.450. The standard InChI is InChI=1S/C20H26N8O3/c1-10(2)28-18-16(26-27-28)17(22-11-7-8-15(29)12(9-11)19(30)31)24-20(25-18)23-14-6-4-3-5-13(14)21/h7-10,13-14,29H,3-6,21H2,1-2H3,(H,30,31)(H2,22,23,24,25). The summed E-state index contributed by atoms with van der Waals surface area (Å²) in [6.45, 7) is 3.96. The SMILES string of the molecule is CC(C)n1nnc2c(Nc3ccc(O)c(C(=O)O)c3)nc(NC3CCCCC3N)nc21. The van der Waals surface area contributed by atoms with Crippen LogP contribution in [0.25, 0.3) is 11.2 Å². The van der Waals surface area contributed by atoms with Gasteiger partial charge in [-0.2, -0.15) is 9.97 Å². The van der Waals surface area contributed by atoms with Crippen molar-refractivity contribution in [3.63, 3.8) is 0 Å². The maximum atomic E-state index is 11.4. The molecule has 0 bridgehead atoms. The van der Waals surface area contributed by atoms with Gasteiger partial charge in [0.2, 0.25) is 5.95 Å². The normalized spacial score (nSPS) is 19.0. The number of aromatic nitrogens is 5. The molecule has 0 spiro atoms. The predicted molar refractivity (Wildman–Crippen MR) is 116 cm³/mol. The summed E-state index contributed by atoms with van der Waals surface area (Å²) < 4.78 is 1.70. The highest BCUT2D eigenvalue weighted by Gasteiger charge is 2.24. The van der Waals surface area contributed by atoms with E-state index >= 15 is 0 Å². The largest absolute Gasteiger partial charge is 0.507 e. The zero-order valence-electron chi connectivity index (χ0n) is 17.4. The Morgan fingerprint density at radius 2 is 2.03 bits per heavy atom. The van der Waals surface area contributed by atoms with Crippen molar-refractivity contribution in [1.82, 2.24) is 25.0 Å². The van der Waals surface area contributed by atoms with E-state index < -0.39 is 5.97 Å². The van der Waals surface area contributed by atoms with Gasteiger partial charge in [0, 0.05) is 17.8 Å². The van der Waals surface area contributed by atoms with Gasteiger partial charge in [0.25, 0.3) is 0 Å². The number of phenols is 1. The summed E-state index contributed by atoms with van der Waals surface area (Å²) >= 11 is 0. The number of rotatable bonds is 6. The lowest BCUT2D eigenvalue weighted by Crippen LogP contribution is -2.43. The number of nitrogens with one attached hydrogen (secondary N) is 2. The van der Waals surface area contributed by atoms with Crippen molar-refractivity contribution < 1.29 is 15.0 Å². The zero-order chi connectivity index (χ0) is 22.1. The molecule has 2 heterocycles. The Kier molecular flexibility index (Phi) is 5.59. The second kappa shape index (κ2) is 8.34. The van der Waals surface area contributed by atoms with E-state index in [4.69, 9.17) is 5.73 Å². The second-order valence-corrected chi connectivity index (χ2v) is 8.06. The molecule has 0 aliphatic heterocycles. The van der Waals surface area contributed by atoms with Crippen molar-refractivity contribution in [3.05, 3.63) is 23.8 Å². The quantitative estimate of drug-likeness (QED) is 0.370. The molecule has 11 heteroatoms. The summed E-state index contributed by atoms with van der Waals surface area (Å²) in [5.41, 5.74) is 7.51. The molecule has 1 aromatic carbocycles. The molecule has 31 heavy (non-hydrogen) atoms. The maximum absolute atomic E-state index is 11.4. The highest BCUT2D eigenvalue weighted by atomic mass is 16.4. The third kappa shape index (κ3) is 4.22. The van der Waals surface area contributed by atoms with Crippen LogP contribution in [0.5, 0.6) is 5.75 Å². The Bertz CT molecular complexity index is 1110. The second-order valence-electron chi connectivity index (χ2n) is 8.06. The van der Waals surface area contributed by atoms with E-state index in [0.29, 0.717) is 28.6 Å². The highest BCUT2D eigenvalue weighted by molar-refractivity contribution is 5.93. The Morgan fingerprint density at radius 1 is 1.26 bits per heavy atom. The monoisotopic (exact) mass is 426 g/mol. The molecule has 0 radical (unpaired) electrons. The molecule has 1 aliphatic carbocycles. The summed E-state index contributed by atoms with van der Waals surface area (Å²) in [7, 11) is 0. The van der Waals surface area contributed by atoms with Gasteiger partial charge < -0.3 is 26.6 Å². The fourth-order valence-electron chi connectivity index (χ4n) is 3.76. The minimum Gasteiger partial charge on any atom is -0.507 e. The Balaban J connectivity index is 1.74. The Hall–Kier alpha value is -3.47. The lowest BCUT2D eigenvalue weighted by Gasteiger charge is -2.29. The van der Waals surface area contributed by atoms with E-state index in [1.165, 1.54) is 12.1 Å². The van der Waals surface area contributed by atoms with Crippen molar-refractivity contribution in [3.8, 4) is 5.75 Å². The van der Waals surface area contributed by atoms with Gasteiger partial charge in [0.05, 0.1) is 6.04 Å². The number of anilines is 3. The first-order chi connectivity index (χ1) is 14.8. The van der Waals surface area contributed by atoms with Gasteiger partial charge in [-0.1, -0.05) is 18.1 Å². The number of carboxylic acids is 1. The number of hydrogen-bond acceptors (Lipinski definition) is 9. The van der Waals surface area contributed by atoms with Gasteiger partial charge in [-0.15, -0.1) is 5.10 Å². The van der Waals surface area contributed by atoms with Crippen molar-refractivity contribution in [1.29, 1.82) is 0 Å². The molecule has 4 rings (SSSR count). The van der Waals surface area contributed by atoms with Gasteiger partial charge in [-0.3, -0.25) is 0 Å². The molecular weight excluding hydrogens is 400 g/mol. The summed E-state index contributed by atoms with van der Waals surface area (Å²) in [5, 5.41) is 33.9. The summed E-state index contributed by atoms with van der Waals surface area (Å²) in [6, 6.07) is 4.33. The van der Waals surface area contributed by atoms with Crippen LogP contribution in [0.1, 0.15) is 55.9 Å². The topological polar surface area (TPSA) is 164 Å². The van der Waals surface area contributed by atoms with Gasteiger partial charge in [0.1, 0.15) is 11.3 Å². The Labute approximate surface area is 178 Å². The predicted octanol–water partition coefficient (Wildman–Crippen LogP) is 2.63. The average molecular weight is 426 g/mol. The number of aromatic carboxylic acids is 1. The van der Waals surface area contributed by atoms with Gasteiger partial charge in [-0.25, -0.2) is 9.48 Å². The maximum Gasteiger partial charge on any atom is 0.339 e. The van der Waals surface area contributed by atoms with Gasteiger partial charge in [-0.05, 0) is 44.9 Å². The van der Waals surface area contributed by atoms with Crippen molar-refractivity contribution in [2.75, 3.05) is 10.6 Å². The first-order valence-electron chi connectivity index (χ1n) is 10.3. The van der Waals surface area contributed by atoms with Crippen LogP contribution < -0.4 is 16.4 Å². The summed E-state index contributed by atoms with van der Waals surface area (Å²) in [4.78, 5) is 20.6. The number of benzene rings is 1. The first-order valence-corrected chi connectivity index (χ1v) is 10.3. The number of carbonyl (C=O) groups is 1. The molecule has 164 valence electrons. The fourth-order valence-corrected chi connectivity index (χ4v) is 3.76. The zero-order valence-corrected chi connectivity index (χ0v) is 17.4. The summed E-state index contributed by atoms with van der Waals surface area (Å²) in [5.74, 6) is -0.761. The Morgan fingerprint density at radius 3 is 2.74 bits per heavy atom. The average Bonchev–Trinajstić information content (AvgIpc) is 3.15. The van der Waals surface area contributed by atoms with E-state index in [1.54, 1.807) is 10.7 Å². The van der Waals surface area contributed by atoms with Crippen LogP contribution in [0.4, 0.5) is 17.5 Å². The molecule has 0 amide bonds. The van der Waals surface area contributed by atoms with Crippen LogP contribution in [0.15, 0.2) is 18.2 Å². The summed E-state index contributed by atoms with van der Waals surface area (Å²) in [6.07, 6.45) is 4.09. The number of carboxylic acid groups (broad SMARTS) is 1. The molecule has 6 N–H and O–H groups in total. The van der Waals surface area contributed by atoms with E-state index in [2.05, 4.69) is 30.9 Å². The van der Waals surface area contributed by atoms with Crippen LogP contribution in [0.2, 0.25) is 0 Å². The number of fused-ring (bicyclic) bond motifs is 1. The van der Waals surface area contributed by atoms with Crippen LogP contribution in [-0.2, 0) is 0 Å². The molecule has 1 aliphatic rings. The number of aromatic hydroxyl groups is 1. The molecule has 2 aromatic heterocycles. The molecule has 1 saturated carbocycles. The molecule has 3 aromatic rings. The van der Waals surface area contributed by atoms with E-state index in [9.17, 15) is 15.0 Å². The number of nitrogens with two attached hydrogens (primary N) is 1. The van der Waals surface area contributed by atoms with Gasteiger partial charge >= 0.3 is 5.97 Å². The van der Waals surface area contributed by atoms with E-state index in [1.807, 2.05) is 13.8 Å². The third-order valence-electron chi connectivity index (χ3n) is 5.44. The lowest BCUT2D eigenvalue weighted by atomic mass is 9.91. The smallest absolute Gasteiger partial charge is 0.339 e.